The van der Waals surface area contributed by atoms with Gasteiger partial charge in [0.05, 0.1) is 7.05 Å². The minimum Gasteiger partial charge on any atom is -1.00 e. The van der Waals surface area contributed by atoms with Gasteiger partial charge in [0, 0.05) is 0 Å². The fourth-order valence-corrected chi connectivity index (χ4v) is 1.54. The van der Waals surface area contributed by atoms with Crippen LogP contribution in [0.25, 0.3) is 0 Å². The summed E-state index contributed by atoms with van der Waals surface area (Å²) in [4.78, 5) is 1.33. The summed E-state index contributed by atoms with van der Waals surface area (Å²) in [7, 11) is 2.16. The molecule has 0 saturated heterocycles. The molecule has 78 valence electrons. The van der Waals surface area contributed by atoms with Crippen molar-refractivity contribution in [2.75, 3.05) is 7.05 Å². The molecule has 1 nitrogen and oxygen atoms in total. The largest absolute Gasteiger partial charge is 1.00 e. The lowest BCUT2D eigenvalue weighted by molar-refractivity contribution is -0.735. The summed E-state index contributed by atoms with van der Waals surface area (Å²) in [6.07, 6.45) is 0. The molecule has 0 bridgehead atoms. The summed E-state index contributed by atoms with van der Waals surface area (Å²) >= 11 is 0. The molecule has 0 aliphatic heterocycles. The summed E-state index contributed by atoms with van der Waals surface area (Å²) in [5, 5.41) is 0. The molecule has 15 heavy (non-hydrogen) atoms. The van der Waals surface area contributed by atoms with Gasteiger partial charge in [0.15, 0.2) is 0 Å². The number of para-hydroxylation sites is 2. The number of benzene rings is 2. The number of halogens is 1. The maximum Gasteiger partial charge on any atom is 0.136 e. The summed E-state index contributed by atoms with van der Waals surface area (Å²) in [6, 6.07) is 20.9. The zero-order valence-corrected chi connectivity index (χ0v) is 9.41. The lowest BCUT2D eigenvalue weighted by Gasteiger charge is -2.12. The molecule has 0 fully saturated rings. The first-order valence-corrected chi connectivity index (χ1v) is 4.82. The Morgan fingerprint density at radius 1 is 0.667 bits per heavy atom. The highest BCUT2D eigenvalue weighted by atomic mass is 35.5. The van der Waals surface area contributed by atoms with Crippen molar-refractivity contribution in [2.45, 2.75) is 0 Å². The molecule has 2 aromatic carbocycles. The van der Waals surface area contributed by atoms with E-state index in [9.17, 15) is 0 Å². The van der Waals surface area contributed by atoms with Gasteiger partial charge in [0.25, 0.3) is 0 Å². The predicted octanol–water partition coefficient (Wildman–Crippen LogP) is -0.831. The normalized spacial score (nSPS) is 9.73. The van der Waals surface area contributed by atoms with Crippen LogP contribution in [0.5, 0.6) is 0 Å². The van der Waals surface area contributed by atoms with Crippen LogP contribution in [0.2, 0.25) is 0 Å². The van der Waals surface area contributed by atoms with Gasteiger partial charge in [0.2, 0.25) is 0 Å². The van der Waals surface area contributed by atoms with E-state index in [1.54, 1.807) is 0 Å². The lowest BCUT2D eigenvalue weighted by Crippen LogP contribution is -3.00. The van der Waals surface area contributed by atoms with Gasteiger partial charge >= 0.3 is 0 Å². The topological polar surface area (TPSA) is 4.44 Å². The number of nitrogens with one attached hydrogen (secondary N) is 1. The van der Waals surface area contributed by atoms with E-state index in [0.29, 0.717) is 0 Å². The van der Waals surface area contributed by atoms with Gasteiger partial charge in [-0.05, 0) is 24.3 Å². The smallest absolute Gasteiger partial charge is 0.136 e. The maximum absolute atomic E-state index is 2.16. The molecule has 0 amide bonds. The third-order valence-electron chi connectivity index (χ3n) is 2.41. The van der Waals surface area contributed by atoms with Gasteiger partial charge in [-0.15, -0.1) is 0 Å². The van der Waals surface area contributed by atoms with Gasteiger partial charge < -0.3 is 12.4 Å². The lowest BCUT2D eigenvalue weighted by atomic mass is 10.2. The van der Waals surface area contributed by atoms with Crippen LogP contribution in [-0.4, -0.2) is 7.05 Å². The Bertz CT molecular complexity index is 346. The standard InChI is InChI=1S/C13H13N.ClH/c1-14(12-8-4-2-5-9-12)13-10-6-3-7-11-13;/h2-11H,1H3;1H. The Morgan fingerprint density at radius 2 is 1.00 bits per heavy atom. The van der Waals surface area contributed by atoms with Crippen molar-refractivity contribution < 1.29 is 17.3 Å². The second-order valence-corrected chi connectivity index (χ2v) is 3.36. The first-order chi connectivity index (χ1) is 6.88. The molecule has 0 saturated carbocycles. The molecule has 0 heterocycles. The third kappa shape index (κ3) is 2.82. The maximum atomic E-state index is 2.16. The van der Waals surface area contributed by atoms with E-state index < -0.39 is 0 Å². The summed E-state index contributed by atoms with van der Waals surface area (Å²) < 4.78 is 0. The average molecular weight is 220 g/mol. The molecule has 2 aromatic rings. The predicted molar refractivity (Wildman–Crippen MR) is 59.1 cm³/mol. The Kier molecular flexibility index (Phi) is 4.35. The molecule has 2 heteroatoms. The van der Waals surface area contributed by atoms with Crippen molar-refractivity contribution in [2.24, 2.45) is 0 Å². The van der Waals surface area contributed by atoms with Crippen LogP contribution in [0.1, 0.15) is 0 Å². The Labute approximate surface area is 96.8 Å². The van der Waals surface area contributed by atoms with Crippen LogP contribution in [0.15, 0.2) is 60.7 Å². The molecule has 0 unspecified atom stereocenters. The van der Waals surface area contributed by atoms with Crippen LogP contribution >= 0.6 is 0 Å². The SMILES string of the molecule is C[NH+](c1ccccc1)c1ccccc1.[Cl-]. The first kappa shape index (κ1) is 11.8. The van der Waals surface area contributed by atoms with Crippen molar-refractivity contribution in [3.8, 4) is 0 Å². The highest BCUT2D eigenvalue weighted by Gasteiger charge is 2.07. The van der Waals surface area contributed by atoms with E-state index in [2.05, 4.69) is 55.6 Å². The minimum absolute atomic E-state index is 0. The molecule has 0 radical (unpaired) electrons. The van der Waals surface area contributed by atoms with Crippen molar-refractivity contribution >= 4 is 11.4 Å². The molecule has 0 aliphatic rings. The third-order valence-corrected chi connectivity index (χ3v) is 2.41. The minimum atomic E-state index is 0. The fraction of sp³-hybridized carbons (Fsp3) is 0.0769. The molecule has 2 rings (SSSR count). The van der Waals surface area contributed by atoms with Crippen molar-refractivity contribution in [1.82, 2.24) is 0 Å². The zero-order valence-electron chi connectivity index (χ0n) is 8.65. The van der Waals surface area contributed by atoms with E-state index in [-0.39, 0.29) is 12.4 Å². The van der Waals surface area contributed by atoms with Crippen LogP contribution in [0.3, 0.4) is 0 Å². The average Bonchev–Trinajstić information content (AvgIpc) is 2.30. The van der Waals surface area contributed by atoms with Gasteiger partial charge in [-0.3, -0.25) is 4.90 Å². The van der Waals surface area contributed by atoms with E-state index in [1.165, 1.54) is 16.3 Å². The van der Waals surface area contributed by atoms with Crippen LogP contribution < -0.4 is 17.3 Å². The van der Waals surface area contributed by atoms with Crippen molar-refractivity contribution in [1.29, 1.82) is 0 Å². The van der Waals surface area contributed by atoms with Crippen LogP contribution in [0, 0.1) is 0 Å². The quantitative estimate of drug-likeness (QED) is 0.673. The van der Waals surface area contributed by atoms with E-state index in [4.69, 9.17) is 0 Å². The Morgan fingerprint density at radius 3 is 1.33 bits per heavy atom. The van der Waals surface area contributed by atoms with Gasteiger partial charge in [-0.1, -0.05) is 36.4 Å². The van der Waals surface area contributed by atoms with Crippen molar-refractivity contribution in [3.63, 3.8) is 0 Å². The molecular formula is C13H14ClN. The van der Waals surface area contributed by atoms with Gasteiger partial charge in [-0.2, -0.15) is 0 Å². The monoisotopic (exact) mass is 219 g/mol. The van der Waals surface area contributed by atoms with Gasteiger partial charge in [0.1, 0.15) is 11.4 Å². The van der Waals surface area contributed by atoms with Crippen LogP contribution in [0.4, 0.5) is 11.4 Å². The Balaban J connectivity index is 0.00000112. The number of quaternary nitrogens is 1. The highest BCUT2D eigenvalue weighted by Crippen LogP contribution is 2.05. The second kappa shape index (κ2) is 5.54. The summed E-state index contributed by atoms with van der Waals surface area (Å²) in [5.74, 6) is 0. The van der Waals surface area contributed by atoms with Crippen molar-refractivity contribution in [3.05, 3.63) is 60.7 Å². The number of rotatable bonds is 2. The summed E-state index contributed by atoms with van der Waals surface area (Å²) in [5.41, 5.74) is 2.58. The molecule has 0 aromatic heterocycles. The van der Waals surface area contributed by atoms with Crippen LogP contribution in [-0.2, 0) is 0 Å². The second-order valence-electron chi connectivity index (χ2n) is 3.36. The van der Waals surface area contributed by atoms with E-state index >= 15 is 0 Å². The Hall–Kier alpha value is -1.31. The zero-order chi connectivity index (χ0) is 9.80. The molecular weight excluding hydrogens is 206 g/mol. The molecule has 0 atom stereocenters. The molecule has 0 aliphatic carbocycles. The van der Waals surface area contributed by atoms with E-state index in [1.807, 2.05) is 12.1 Å². The van der Waals surface area contributed by atoms with E-state index in [0.717, 1.165) is 0 Å². The first-order valence-electron chi connectivity index (χ1n) is 4.82. The molecule has 0 spiro atoms. The fourth-order valence-electron chi connectivity index (χ4n) is 1.54. The highest BCUT2D eigenvalue weighted by molar-refractivity contribution is 5.36. The number of hydrogen-bond acceptors (Lipinski definition) is 0. The molecule has 1 N–H and O–H groups in total. The number of hydrogen-bond donors (Lipinski definition) is 1. The summed E-state index contributed by atoms with van der Waals surface area (Å²) in [6.45, 7) is 0. The van der Waals surface area contributed by atoms with Gasteiger partial charge in [-0.25, -0.2) is 0 Å².